The highest BCUT2D eigenvalue weighted by molar-refractivity contribution is 5.87. The second kappa shape index (κ2) is 19.2. The van der Waals surface area contributed by atoms with E-state index in [4.69, 9.17) is 14.7 Å². The molecule has 3 aliphatic heterocycles. The van der Waals surface area contributed by atoms with Crippen LogP contribution in [0.2, 0.25) is 0 Å². The van der Waals surface area contributed by atoms with Gasteiger partial charge in [-0.25, -0.2) is 23.9 Å². The van der Waals surface area contributed by atoms with Gasteiger partial charge in [-0.3, -0.25) is 9.59 Å². The number of amides is 4. The van der Waals surface area contributed by atoms with Crippen molar-refractivity contribution in [3.8, 4) is 0 Å². The quantitative estimate of drug-likeness (QED) is 0.0722. The molecule has 8 rings (SSSR count). The number of likely N-dealkylation sites (tertiary alicyclic amines) is 2. The molecule has 5 aromatic rings. The first kappa shape index (κ1) is 46.2. The van der Waals surface area contributed by atoms with Crippen molar-refractivity contribution in [2.75, 3.05) is 43.1 Å². The summed E-state index contributed by atoms with van der Waals surface area (Å²) in [6.45, 7) is 13.9. The zero-order valence-electron chi connectivity index (χ0n) is 38.9. The zero-order chi connectivity index (χ0) is 47.0. The number of methoxy groups -OCH3 is 1. The molecule has 0 bridgehead atoms. The predicted octanol–water partition coefficient (Wildman–Crippen LogP) is 8.51. The van der Waals surface area contributed by atoms with Crippen molar-refractivity contribution >= 4 is 57.4 Å². The third kappa shape index (κ3) is 8.95. The largest absolute Gasteiger partial charge is 0.465 e. The van der Waals surface area contributed by atoms with Gasteiger partial charge in [0.25, 0.3) is 0 Å². The SMILES string of the molecule is CCN(CC)c1ccc(N2[C@@H](c3ccc4nc([C@@H]5CCCN5C(=O)[C@@H](NC(=O)O)C(C)C)[nH]c4c3)CC[C@@H]2c2ccc3nc([C@@H]4CCCN4C(=O)[C@@H](NC(=O)OC)C(C)C)[nH]c3c2)cc1F. The first-order valence-corrected chi connectivity index (χ1v) is 23.5. The average molecular weight is 907 g/mol. The lowest BCUT2D eigenvalue weighted by Gasteiger charge is -2.34. The van der Waals surface area contributed by atoms with Crippen LogP contribution >= 0.6 is 0 Å². The van der Waals surface area contributed by atoms with E-state index in [1.54, 1.807) is 11.0 Å². The van der Waals surface area contributed by atoms with Crippen LogP contribution in [0.4, 0.5) is 25.4 Å². The van der Waals surface area contributed by atoms with Gasteiger partial charge in [0.05, 0.1) is 59.0 Å². The number of benzene rings is 3. The number of anilines is 2. The molecule has 3 aromatic carbocycles. The fraction of sp³-hybridized carbons (Fsp3) is 0.510. The van der Waals surface area contributed by atoms with Crippen molar-refractivity contribution in [1.82, 2.24) is 40.4 Å². The van der Waals surface area contributed by atoms with Crippen LogP contribution in [0.15, 0.2) is 54.6 Å². The molecule has 0 aliphatic carbocycles. The van der Waals surface area contributed by atoms with Crippen LogP contribution in [0.25, 0.3) is 22.1 Å². The summed E-state index contributed by atoms with van der Waals surface area (Å²) in [5, 5.41) is 14.6. The van der Waals surface area contributed by atoms with Gasteiger partial charge in [0.1, 0.15) is 29.5 Å². The zero-order valence-corrected chi connectivity index (χ0v) is 38.9. The molecule has 3 saturated heterocycles. The summed E-state index contributed by atoms with van der Waals surface area (Å²) in [7, 11) is 1.28. The van der Waals surface area contributed by atoms with E-state index >= 15 is 4.39 Å². The smallest absolute Gasteiger partial charge is 0.407 e. The van der Waals surface area contributed by atoms with Gasteiger partial charge in [-0.15, -0.1) is 0 Å². The summed E-state index contributed by atoms with van der Waals surface area (Å²) < 4.78 is 21.0. The number of carboxylic acid groups (broad SMARTS) is 1. The minimum absolute atomic E-state index is 0.120. The molecule has 4 amide bonds. The summed E-state index contributed by atoms with van der Waals surface area (Å²) in [6, 6.07) is 15.5. The summed E-state index contributed by atoms with van der Waals surface area (Å²) in [5.74, 6) is 0.268. The molecule has 352 valence electrons. The summed E-state index contributed by atoms with van der Waals surface area (Å²) >= 11 is 0. The number of nitrogens with zero attached hydrogens (tertiary/aromatic N) is 6. The van der Waals surface area contributed by atoms with Crippen LogP contribution in [-0.2, 0) is 14.3 Å². The number of nitrogens with one attached hydrogen (secondary N) is 4. The summed E-state index contributed by atoms with van der Waals surface area (Å²) in [4.78, 5) is 76.3. The molecule has 0 radical (unpaired) electrons. The van der Waals surface area contributed by atoms with Gasteiger partial charge >= 0.3 is 12.2 Å². The molecule has 5 N–H and O–H groups in total. The normalized spacial score (nSPS) is 20.7. The molecular formula is C49H63FN10O6. The Morgan fingerprint density at radius 2 is 1.24 bits per heavy atom. The van der Waals surface area contributed by atoms with Crippen LogP contribution in [0, 0.1) is 17.7 Å². The first-order valence-electron chi connectivity index (χ1n) is 23.5. The van der Waals surface area contributed by atoms with E-state index in [0.29, 0.717) is 49.9 Å². The molecule has 5 heterocycles. The van der Waals surface area contributed by atoms with Crippen LogP contribution in [-0.4, -0.2) is 104 Å². The predicted molar refractivity (Wildman–Crippen MR) is 251 cm³/mol. The lowest BCUT2D eigenvalue weighted by Crippen LogP contribution is -2.51. The van der Waals surface area contributed by atoms with Crippen molar-refractivity contribution in [2.24, 2.45) is 11.8 Å². The molecule has 0 unspecified atom stereocenters. The second-order valence-corrected chi connectivity index (χ2v) is 18.5. The molecule has 3 aliphatic rings. The lowest BCUT2D eigenvalue weighted by atomic mass is 10.0. The molecule has 0 saturated carbocycles. The van der Waals surface area contributed by atoms with E-state index in [2.05, 4.69) is 49.8 Å². The molecule has 66 heavy (non-hydrogen) atoms. The van der Waals surface area contributed by atoms with Crippen molar-refractivity contribution in [3.05, 3.63) is 83.2 Å². The fourth-order valence-electron chi connectivity index (χ4n) is 10.5. The monoisotopic (exact) mass is 906 g/mol. The van der Waals surface area contributed by atoms with E-state index in [-0.39, 0.29) is 53.6 Å². The van der Waals surface area contributed by atoms with Gasteiger partial charge in [0, 0.05) is 31.9 Å². The van der Waals surface area contributed by atoms with Gasteiger partial charge in [0.2, 0.25) is 11.8 Å². The number of H-pyrrole nitrogens is 2. The van der Waals surface area contributed by atoms with Crippen molar-refractivity contribution in [3.63, 3.8) is 0 Å². The number of hydrogen-bond acceptors (Lipinski definition) is 9. The van der Waals surface area contributed by atoms with E-state index < -0.39 is 24.3 Å². The summed E-state index contributed by atoms with van der Waals surface area (Å²) in [6.07, 6.45) is 2.72. The minimum atomic E-state index is -1.23. The number of halogens is 1. The van der Waals surface area contributed by atoms with Crippen LogP contribution in [0.1, 0.15) is 127 Å². The van der Waals surface area contributed by atoms with Gasteiger partial charge in [-0.05, 0) is 118 Å². The van der Waals surface area contributed by atoms with Gasteiger partial charge < -0.3 is 50.0 Å². The average Bonchev–Trinajstić information content (AvgIpc) is 4.15. The highest BCUT2D eigenvalue weighted by Crippen LogP contribution is 2.48. The number of imidazole rings is 2. The number of carbonyl (C=O) groups excluding carboxylic acids is 3. The lowest BCUT2D eigenvalue weighted by molar-refractivity contribution is -0.136. The topological polar surface area (TPSA) is 192 Å². The molecular weight excluding hydrogens is 844 g/mol. The Kier molecular flexibility index (Phi) is 13.4. The third-order valence-corrected chi connectivity index (χ3v) is 13.8. The maximum absolute atomic E-state index is 16.2. The molecule has 16 nitrogen and oxygen atoms in total. The van der Waals surface area contributed by atoms with Gasteiger partial charge in [-0.2, -0.15) is 0 Å². The van der Waals surface area contributed by atoms with E-state index in [0.717, 1.165) is 71.0 Å². The van der Waals surface area contributed by atoms with Crippen LogP contribution < -0.4 is 20.4 Å². The number of fused-ring (bicyclic) bond motifs is 2. The second-order valence-electron chi connectivity index (χ2n) is 18.5. The Morgan fingerprint density at radius 1 is 0.742 bits per heavy atom. The number of alkyl carbamates (subject to hydrolysis) is 1. The number of carbonyl (C=O) groups is 4. The Hall–Kier alpha value is -6.39. The molecule has 6 atom stereocenters. The number of aromatic nitrogens is 4. The highest BCUT2D eigenvalue weighted by Gasteiger charge is 2.40. The molecule has 2 aromatic heterocycles. The Morgan fingerprint density at radius 3 is 1.68 bits per heavy atom. The van der Waals surface area contributed by atoms with Crippen molar-refractivity contribution in [2.45, 2.75) is 116 Å². The first-order chi connectivity index (χ1) is 31.7. The standard InChI is InChI=1S/C49H63FN10O6/c1-8-57(9-2)39-19-16-31(26-32(39)50)60-37(29-14-17-33-35(24-29)53-44(51-33)40-12-10-22-58(40)46(61)42(27(3)4)55-48(63)64)20-21-38(60)30-15-18-34-36(25-30)54-45(52-34)41-13-11-23-59(41)47(62)43(28(5)6)56-49(65)66-7/h14-19,24-28,37-38,40-43,55H,8-13,20-23H2,1-7H3,(H,51,53)(H,52,54)(H,56,65)(H,63,64)/t37-,38-,40+,41+,42+,43+/m1/s1. The number of ether oxygens (including phenoxy) is 1. The van der Waals surface area contributed by atoms with Crippen LogP contribution in [0.5, 0.6) is 0 Å². The number of aromatic amines is 2. The number of rotatable bonds is 14. The Balaban J connectivity index is 1.11. The number of hydrogen-bond donors (Lipinski definition) is 5. The van der Waals surface area contributed by atoms with E-state index in [1.165, 1.54) is 7.11 Å². The summed E-state index contributed by atoms with van der Waals surface area (Å²) in [5.41, 5.74) is 6.61. The Labute approximate surface area is 384 Å². The maximum Gasteiger partial charge on any atom is 0.407 e. The molecule has 17 heteroatoms. The molecule has 0 spiro atoms. The van der Waals surface area contributed by atoms with Crippen LogP contribution in [0.3, 0.4) is 0 Å². The van der Waals surface area contributed by atoms with Crippen molar-refractivity contribution in [1.29, 1.82) is 0 Å². The highest BCUT2D eigenvalue weighted by atomic mass is 19.1. The Bertz CT molecular complexity index is 2590. The van der Waals surface area contributed by atoms with Gasteiger partial charge in [0.15, 0.2) is 0 Å². The van der Waals surface area contributed by atoms with E-state index in [9.17, 15) is 24.3 Å². The molecule has 3 fully saturated rings. The minimum Gasteiger partial charge on any atom is -0.465 e. The van der Waals surface area contributed by atoms with E-state index in [1.807, 2.05) is 75.6 Å². The fourth-order valence-corrected chi connectivity index (χ4v) is 10.5. The van der Waals surface area contributed by atoms with Crippen molar-refractivity contribution < 1.29 is 33.4 Å². The third-order valence-electron chi connectivity index (χ3n) is 13.8. The maximum atomic E-state index is 16.2. The van der Waals surface area contributed by atoms with Gasteiger partial charge in [-0.1, -0.05) is 39.8 Å².